The second-order valence-electron chi connectivity index (χ2n) is 5.99. The maximum absolute atomic E-state index is 12.1. The fourth-order valence-electron chi connectivity index (χ4n) is 1.94. The van der Waals surface area contributed by atoms with Gasteiger partial charge in [-0.2, -0.15) is 0 Å². The lowest BCUT2D eigenvalue weighted by Crippen LogP contribution is -2.25. The number of aromatic carboxylic acids is 1. The highest BCUT2D eigenvalue weighted by Crippen LogP contribution is 2.33. The van der Waals surface area contributed by atoms with E-state index < -0.39 is 11.4 Å². The molecule has 114 valence electrons. The van der Waals surface area contributed by atoms with Crippen molar-refractivity contribution in [3.05, 3.63) is 54.1 Å². The van der Waals surface area contributed by atoms with E-state index in [1.807, 2.05) is 0 Å². The number of carbonyl (C=O) groups is 2. The van der Waals surface area contributed by atoms with Crippen LogP contribution in [-0.4, -0.2) is 17.0 Å². The van der Waals surface area contributed by atoms with Crippen molar-refractivity contribution in [1.29, 1.82) is 0 Å². The lowest BCUT2D eigenvalue weighted by atomic mass is 9.96. The molecule has 0 spiro atoms. The molecule has 4 nitrogen and oxygen atoms in total. The van der Waals surface area contributed by atoms with Crippen molar-refractivity contribution in [2.24, 2.45) is 5.41 Å². The fourth-order valence-corrected chi connectivity index (χ4v) is 1.94. The SMILES string of the molecule is CC(C)(C)C(=O)Oc1ccccc1-c1ccccc1C(=O)O. The lowest BCUT2D eigenvalue weighted by Gasteiger charge is -2.18. The third-order valence-electron chi connectivity index (χ3n) is 3.15. The number of benzene rings is 2. The predicted octanol–water partition coefficient (Wildman–Crippen LogP) is 4.00. The van der Waals surface area contributed by atoms with Crippen molar-refractivity contribution >= 4 is 11.9 Å². The van der Waals surface area contributed by atoms with Crippen molar-refractivity contribution in [3.63, 3.8) is 0 Å². The predicted molar refractivity (Wildman–Crippen MR) is 83.9 cm³/mol. The third-order valence-corrected chi connectivity index (χ3v) is 3.15. The number of ether oxygens (including phenoxy) is 1. The molecule has 22 heavy (non-hydrogen) atoms. The normalized spacial score (nSPS) is 11.0. The molecule has 2 aromatic rings. The molecule has 0 amide bonds. The van der Waals surface area contributed by atoms with Crippen molar-refractivity contribution in [2.75, 3.05) is 0 Å². The number of hydrogen-bond donors (Lipinski definition) is 1. The number of hydrogen-bond acceptors (Lipinski definition) is 3. The van der Waals surface area contributed by atoms with Crippen LogP contribution in [0.15, 0.2) is 48.5 Å². The van der Waals surface area contributed by atoms with E-state index in [0.29, 0.717) is 16.9 Å². The number of carboxylic acids is 1. The first-order chi connectivity index (χ1) is 10.3. The molecule has 0 fully saturated rings. The van der Waals surface area contributed by atoms with Gasteiger partial charge < -0.3 is 9.84 Å². The van der Waals surface area contributed by atoms with Crippen LogP contribution in [0.3, 0.4) is 0 Å². The van der Waals surface area contributed by atoms with Crippen LogP contribution in [0.1, 0.15) is 31.1 Å². The van der Waals surface area contributed by atoms with Crippen molar-refractivity contribution in [3.8, 4) is 16.9 Å². The van der Waals surface area contributed by atoms with Crippen molar-refractivity contribution < 1.29 is 19.4 Å². The summed E-state index contributed by atoms with van der Waals surface area (Å²) in [6, 6.07) is 13.6. The monoisotopic (exact) mass is 298 g/mol. The molecule has 1 N–H and O–H groups in total. The van der Waals surface area contributed by atoms with E-state index in [1.54, 1.807) is 63.2 Å². The molecule has 0 aromatic heterocycles. The number of esters is 1. The minimum atomic E-state index is -1.02. The van der Waals surface area contributed by atoms with Gasteiger partial charge in [-0.1, -0.05) is 36.4 Å². The van der Waals surface area contributed by atoms with Gasteiger partial charge in [0.25, 0.3) is 0 Å². The molecule has 0 unspecified atom stereocenters. The Bertz CT molecular complexity index is 711. The van der Waals surface area contributed by atoms with Crippen LogP contribution in [0.25, 0.3) is 11.1 Å². The summed E-state index contributed by atoms with van der Waals surface area (Å²) in [6.07, 6.45) is 0. The first-order valence-electron chi connectivity index (χ1n) is 6.94. The van der Waals surface area contributed by atoms with Crippen LogP contribution in [-0.2, 0) is 4.79 Å². The smallest absolute Gasteiger partial charge is 0.336 e. The summed E-state index contributed by atoms with van der Waals surface area (Å²) in [7, 11) is 0. The van der Waals surface area contributed by atoms with Gasteiger partial charge in [0.1, 0.15) is 5.75 Å². The molecule has 0 saturated heterocycles. The molecule has 0 aliphatic rings. The quantitative estimate of drug-likeness (QED) is 0.687. The molecular formula is C18H18O4. The number of para-hydroxylation sites is 1. The lowest BCUT2D eigenvalue weighted by molar-refractivity contribution is -0.142. The average Bonchev–Trinajstić information content (AvgIpc) is 2.46. The van der Waals surface area contributed by atoms with Crippen LogP contribution in [0.2, 0.25) is 0 Å². The van der Waals surface area contributed by atoms with E-state index in [0.717, 1.165) is 0 Å². The first kappa shape index (κ1) is 15.8. The third kappa shape index (κ3) is 3.34. The van der Waals surface area contributed by atoms with E-state index >= 15 is 0 Å². The highest BCUT2D eigenvalue weighted by molar-refractivity contribution is 5.97. The van der Waals surface area contributed by atoms with Crippen LogP contribution in [0.4, 0.5) is 0 Å². The Hall–Kier alpha value is -2.62. The number of carboxylic acid groups (broad SMARTS) is 1. The van der Waals surface area contributed by atoms with Gasteiger partial charge in [0.05, 0.1) is 11.0 Å². The molecule has 2 rings (SSSR count). The van der Waals surface area contributed by atoms with Gasteiger partial charge >= 0.3 is 11.9 Å². The van der Waals surface area contributed by atoms with Gasteiger partial charge in [0.2, 0.25) is 0 Å². The van der Waals surface area contributed by atoms with E-state index in [-0.39, 0.29) is 11.5 Å². The largest absolute Gasteiger partial charge is 0.478 e. The summed E-state index contributed by atoms with van der Waals surface area (Å²) in [4.78, 5) is 23.5. The summed E-state index contributed by atoms with van der Waals surface area (Å²) in [5.74, 6) is -1.03. The van der Waals surface area contributed by atoms with E-state index in [9.17, 15) is 14.7 Å². The molecule has 0 aliphatic heterocycles. The van der Waals surface area contributed by atoms with Gasteiger partial charge in [-0.25, -0.2) is 4.79 Å². The standard InChI is InChI=1S/C18H18O4/c1-18(2,3)17(21)22-15-11-7-6-9-13(15)12-8-4-5-10-14(12)16(19)20/h4-11H,1-3H3,(H,19,20). The van der Waals surface area contributed by atoms with Gasteiger partial charge in [0.15, 0.2) is 0 Å². The summed E-state index contributed by atoms with van der Waals surface area (Å²) in [5.41, 5.74) is 0.631. The second kappa shape index (κ2) is 6.02. The molecule has 2 aromatic carbocycles. The highest BCUT2D eigenvalue weighted by Gasteiger charge is 2.25. The topological polar surface area (TPSA) is 63.6 Å². The molecule has 0 atom stereocenters. The molecule has 0 heterocycles. The zero-order valence-corrected chi connectivity index (χ0v) is 12.8. The van der Waals surface area contributed by atoms with Gasteiger partial charge in [-0.15, -0.1) is 0 Å². The maximum atomic E-state index is 12.1. The molecule has 0 radical (unpaired) electrons. The Kier molecular flexibility index (Phi) is 4.31. The molecule has 0 saturated carbocycles. The average molecular weight is 298 g/mol. The van der Waals surface area contributed by atoms with E-state index in [2.05, 4.69) is 0 Å². The minimum absolute atomic E-state index is 0.168. The summed E-state index contributed by atoms with van der Waals surface area (Å²) >= 11 is 0. The molecule has 0 bridgehead atoms. The van der Waals surface area contributed by atoms with E-state index in [4.69, 9.17) is 4.74 Å². The number of rotatable bonds is 3. The Balaban J connectivity index is 2.50. The Morgan fingerprint density at radius 2 is 1.45 bits per heavy atom. The van der Waals surface area contributed by atoms with Gasteiger partial charge in [0, 0.05) is 5.56 Å². The molecule has 4 heteroatoms. The van der Waals surface area contributed by atoms with Gasteiger partial charge in [-0.3, -0.25) is 4.79 Å². The van der Waals surface area contributed by atoms with Crippen LogP contribution < -0.4 is 4.74 Å². The van der Waals surface area contributed by atoms with Crippen LogP contribution in [0, 0.1) is 5.41 Å². The second-order valence-corrected chi connectivity index (χ2v) is 5.99. The van der Waals surface area contributed by atoms with E-state index in [1.165, 1.54) is 6.07 Å². The number of carbonyl (C=O) groups excluding carboxylic acids is 1. The minimum Gasteiger partial charge on any atom is -0.478 e. The molecular weight excluding hydrogens is 280 g/mol. The summed E-state index contributed by atoms with van der Waals surface area (Å²) in [6.45, 7) is 5.30. The maximum Gasteiger partial charge on any atom is 0.336 e. The summed E-state index contributed by atoms with van der Waals surface area (Å²) in [5, 5.41) is 9.32. The zero-order chi connectivity index (χ0) is 16.3. The van der Waals surface area contributed by atoms with Crippen molar-refractivity contribution in [1.82, 2.24) is 0 Å². The Morgan fingerprint density at radius 3 is 2.05 bits per heavy atom. The Morgan fingerprint density at radius 1 is 0.909 bits per heavy atom. The van der Waals surface area contributed by atoms with Crippen LogP contribution >= 0.6 is 0 Å². The first-order valence-corrected chi connectivity index (χ1v) is 6.94. The molecule has 0 aliphatic carbocycles. The summed E-state index contributed by atoms with van der Waals surface area (Å²) < 4.78 is 5.47. The fraction of sp³-hybridized carbons (Fsp3) is 0.222. The Labute approximate surface area is 129 Å². The van der Waals surface area contributed by atoms with Crippen molar-refractivity contribution in [2.45, 2.75) is 20.8 Å². The van der Waals surface area contributed by atoms with Crippen LogP contribution in [0.5, 0.6) is 5.75 Å². The highest BCUT2D eigenvalue weighted by atomic mass is 16.5. The van der Waals surface area contributed by atoms with Gasteiger partial charge in [-0.05, 0) is 38.5 Å². The zero-order valence-electron chi connectivity index (χ0n) is 12.8.